The quantitative estimate of drug-likeness (QED) is 0.589. The van der Waals surface area contributed by atoms with Gasteiger partial charge in [-0.3, -0.25) is 10.1 Å². The van der Waals surface area contributed by atoms with Crippen LogP contribution in [0.4, 0.5) is 30.5 Å². The fourth-order valence-electron chi connectivity index (χ4n) is 1.39. The molecule has 0 aliphatic heterocycles. The standard InChI is InChI=1S/C8H10F3N5O3/c9-8(10,11)3-15(1-2-17)7-5(16(18)19)6(12)13-4-14-7/h4,17H,1-3H2,(H2,12,13,14). The molecule has 106 valence electrons. The minimum absolute atomic E-state index is 0.475. The molecule has 0 amide bonds. The van der Waals surface area contributed by atoms with Crippen molar-refractivity contribution in [2.24, 2.45) is 0 Å². The third-order valence-corrected chi connectivity index (χ3v) is 2.05. The Kier molecular flexibility index (Phi) is 4.43. The summed E-state index contributed by atoms with van der Waals surface area (Å²) in [6, 6.07) is 0. The summed E-state index contributed by atoms with van der Waals surface area (Å²) >= 11 is 0. The van der Waals surface area contributed by atoms with Gasteiger partial charge in [-0.25, -0.2) is 9.97 Å². The van der Waals surface area contributed by atoms with Gasteiger partial charge in [0.25, 0.3) is 0 Å². The van der Waals surface area contributed by atoms with Crippen LogP contribution < -0.4 is 10.6 Å². The van der Waals surface area contributed by atoms with Crippen molar-refractivity contribution in [3.05, 3.63) is 16.4 Å². The van der Waals surface area contributed by atoms with E-state index in [-0.39, 0.29) is 0 Å². The van der Waals surface area contributed by atoms with E-state index in [0.29, 0.717) is 4.90 Å². The van der Waals surface area contributed by atoms with Crippen LogP contribution in [0.2, 0.25) is 0 Å². The molecule has 0 spiro atoms. The van der Waals surface area contributed by atoms with Crippen LogP contribution in [-0.4, -0.2) is 45.9 Å². The van der Waals surface area contributed by atoms with Gasteiger partial charge in [0.05, 0.1) is 11.5 Å². The Labute approximate surface area is 104 Å². The number of anilines is 2. The second-order valence-electron chi connectivity index (χ2n) is 3.45. The maximum atomic E-state index is 12.4. The summed E-state index contributed by atoms with van der Waals surface area (Å²) in [5.74, 6) is -1.12. The minimum Gasteiger partial charge on any atom is -0.395 e. The Morgan fingerprint density at radius 1 is 1.47 bits per heavy atom. The monoisotopic (exact) mass is 281 g/mol. The highest BCUT2D eigenvalue weighted by Crippen LogP contribution is 2.31. The second-order valence-corrected chi connectivity index (χ2v) is 3.45. The van der Waals surface area contributed by atoms with E-state index in [1.165, 1.54) is 0 Å². The Morgan fingerprint density at radius 2 is 2.11 bits per heavy atom. The van der Waals surface area contributed by atoms with Crippen LogP contribution in [0.1, 0.15) is 0 Å². The molecular formula is C8H10F3N5O3. The average Bonchev–Trinajstić information content (AvgIpc) is 2.25. The number of nitro groups is 1. The van der Waals surface area contributed by atoms with E-state index in [2.05, 4.69) is 9.97 Å². The molecule has 0 saturated carbocycles. The lowest BCUT2D eigenvalue weighted by Crippen LogP contribution is -2.37. The first kappa shape index (κ1) is 14.9. The Hall–Kier alpha value is -2.17. The first-order chi connectivity index (χ1) is 8.76. The van der Waals surface area contributed by atoms with E-state index in [4.69, 9.17) is 10.8 Å². The van der Waals surface area contributed by atoms with E-state index in [0.717, 1.165) is 6.33 Å². The molecule has 0 bridgehead atoms. The lowest BCUT2D eigenvalue weighted by molar-refractivity contribution is -0.383. The molecule has 1 aromatic rings. The van der Waals surface area contributed by atoms with Crippen molar-refractivity contribution in [3.63, 3.8) is 0 Å². The van der Waals surface area contributed by atoms with E-state index in [1.807, 2.05) is 0 Å². The van der Waals surface area contributed by atoms with Crippen molar-refractivity contribution in [3.8, 4) is 0 Å². The molecular weight excluding hydrogens is 271 g/mol. The van der Waals surface area contributed by atoms with Crippen molar-refractivity contribution in [1.82, 2.24) is 9.97 Å². The van der Waals surface area contributed by atoms with Gasteiger partial charge in [0.2, 0.25) is 11.6 Å². The number of hydrogen-bond donors (Lipinski definition) is 2. The zero-order valence-electron chi connectivity index (χ0n) is 9.46. The van der Waals surface area contributed by atoms with Gasteiger partial charge in [-0.2, -0.15) is 13.2 Å². The summed E-state index contributed by atoms with van der Waals surface area (Å²) in [6.45, 7) is -2.60. The molecule has 0 unspecified atom stereocenters. The molecule has 0 fully saturated rings. The molecule has 3 N–H and O–H groups in total. The fraction of sp³-hybridized carbons (Fsp3) is 0.500. The third-order valence-electron chi connectivity index (χ3n) is 2.05. The summed E-state index contributed by atoms with van der Waals surface area (Å²) in [5.41, 5.74) is 4.44. The lowest BCUT2D eigenvalue weighted by Gasteiger charge is -2.23. The number of aliphatic hydroxyl groups is 1. The second kappa shape index (κ2) is 5.65. The molecule has 0 aromatic carbocycles. The maximum Gasteiger partial charge on any atom is 0.405 e. The van der Waals surface area contributed by atoms with Gasteiger partial charge in [-0.05, 0) is 0 Å². The van der Waals surface area contributed by atoms with Crippen LogP contribution >= 0.6 is 0 Å². The Morgan fingerprint density at radius 3 is 2.58 bits per heavy atom. The zero-order chi connectivity index (χ0) is 14.6. The molecule has 11 heteroatoms. The molecule has 0 aliphatic carbocycles. The number of aliphatic hydroxyl groups excluding tert-OH is 1. The number of nitrogens with two attached hydrogens (primary N) is 1. The van der Waals surface area contributed by atoms with Crippen LogP contribution in [0.15, 0.2) is 6.33 Å². The normalized spacial score (nSPS) is 11.4. The summed E-state index contributed by atoms with van der Waals surface area (Å²) in [5, 5.41) is 19.5. The fourth-order valence-corrected chi connectivity index (χ4v) is 1.39. The van der Waals surface area contributed by atoms with E-state index >= 15 is 0 Å². The number of nitrogen functional groups attached to an aromatic ring is 1. The van der Waals surface area contributed by atoms with Gasteiger partial charge in [0, 0.05) is 6.54 Å². The summed E-state index contributed by atoms with van der Waals surface area (Å²) in [7, 11) is 0. The van der Waals surface area contributed by atoms with Crippen molar-refractivity contribution < 1.29 is 23.2 Å². The van der Waals surface area contributed by atoms with Crippen LogP contribution in [0, 0.1) is 10.1 Å². The van der Waals surface area contributed by atoms with Crippen molar-refractivity contribution in [2.45, 2.75) is 6.18 Å². The SMILES string of the molecule is Nc1ncnc(N(CCO)CC(F)(F)F)c1[N+](=O)[O-]. The van der Waals surface area contributed by atoms with Gasteiger partial charge in [-0.1, -0.05) is 0 Å². The highest BCUT2D eigenvalue weighted by molar-refractivity contribution is 5.68. The third kappa shape index (κ3) is 3.91. The zero-order valence-corrected chi connectivity index (χ0v) is 9.46. The molecule has 0 aliphatic rings. The van der Waals surface area contributed by atoms with Gasteiger partial charge in [0.1, 0.15) is 12.9 Å². The van der Waals surface area contributed by atoms with E-state index in [1.54, 1.807) is 0 Å². The molecule has 1 rings (SSSR count). The molecule has 0 saturated heterocycles. The predicted molar refractivity (Wildman–Crippen MR) is 58.5 cm³/mol. The number of halogens is 3. The minimum atomic E-state index is -4.61. The first-order valence-corrected chi connectivity index (χ1v) is 4.93. The van der Waals surface area contributed by atoms with Crippen LogP contribution in [0.3, 0.4) is 0 Å². The lowest BCUT2D eigenvalue weighted by atomic mass is 10.3. The molecule has 19 heavy (non-hydrogen) atoms. The Balaban J connectivity index is 3.22. The highest BCUT2D eigenvalue weighted by atomic mass is 19.4. The topological polar surface area (TPSA) is 118 Å². The van der Waals surface area contributed by atoms with Gasteiger partial charge >= 0.3 is 11.9 Å². The Bertz CT molecular complexity index is 467. The molecule has 8 nitrogen and oxygen atoms in total. The van der Waals surface area contributed by atoms with Crippen molar-refractivity contribution in [1.29, 1.82) is 0 Å². The number of hydrogen-bond acceptors (Lipinski definition) is 7. The molecule has 1 aromatic heterocycles. The highest BCUT2D eigenvalue weighted by Gasteiger charge is 2.35. The summed E-state index contributed by atoms with van der Waals surface area (Å²) in [4.78, 5) is 17.1. The first-order valence-electron chi connectivity index (χ1n) is 4.93. The number of nitrogens with zero attached hydrogens (tertiary/aromatic N) is 4. The van der Waals surface area contributed by atoms with Gasteiger partial charge in [-0.15, -0.1) is 0 Å². The maximum absolute atomic E-state index is 12.4. The van der Waals surface area contributed by atoms with Crippen LogP contribution in [-0.2, 0) is 0 Å². The van der Waals surface area contributed by atoms with E-state index in [9.17, 15) is 23.3 Å². The van der Waals surface area contributed by atoms with Crippen LogP contribution in [0.5, 0.6) is 0 Å². The summed E-state index contributed by atoms with van der Waals surface area (Å²) in [6.07, 6.45) is -3.79. The van der Waals surface area contributed by atoms with E-state index < -0.39 is 48.1 Å². The van der Waals surface area contributed by atoms with Crippen LogP contribution in [0.25, 0.3) is 0 Å². The van der Waals surface area contributed by atoms with Gasteiger partial charge in [0.15, 0.2) is 0 Å². The molecule has 1 heterocycles. The average molecular weight is 281 g/mol. The number of aromatic nitrogens is 2. The number of alkyl halides is 3. The smallest absolute Gasteiger partial charge is 0.395 e. The van der Waals surface area contributed by atoms with Gasteiger partial charge < -0.3 is 15.7 Å². The summed E-state index contributed by atoms with van der Waals surface area (Å²) < 4.78 is 37.1. The molecule has 0 radical (unpaired) electrons. The largest absolute Gasteiger partial charge is 0.405 e. The van der Waals surface area contributed by atoms with Crippen molar-refractivity contribution in [2.75, 3.05) is 30.3 Å². The van der Waals surface area contributed by atoms with Crippen molar-refractivity contribution >= 4 is 17.3 Å². The predicted octanol–water partition coefficient (Wildman–Crippen LogP) is 0.328. The molecule has 0 atom stereocenters. The number of rotatable bonds is 5.